The zero-order chi connectivity index (χ0) is 21.4. The van der Waals surface area contributed by atoms with Crippen molar-refractivity contribution in [3.8, 4) is 11.5 Å². The molecule has 0 aromatic heterocycles. The molecule has 2 fully saturated rings. The van der Waals surface area contributed by atoms with Gasteiger partial charge < -0.3 is 9.47 Å². The molecule has 4 heteroatoms. The van der Waals surface area contributed by atoms with E-state index < -0.39 is 0 Å². The molecule has 3 atom stereocenters. The summed E-state index contributed by atoms with van der Waals surface area (Å²) in [6.07, 6.45) is 9.84. The van der Waals surface area contributed by atoms with Gasteiger partial charge in [0.05, 0.1) is 5.41 Å². The van der Waals surface area contributed by atoms with Gasteiger partial charge in [0.15, 0.2) is 11.5 Å². The Bertz CT molecular complexity index is 1170. The molecule has 0 amide bonds. The molecule has 1 saturated carbocycles. The number of rotatable bonds is 5. The van der Waals surface area contributed by atoms with E-state index in [0.29, 0.717) is 12.6 Å². The first-order valence-electron chi connectivity index (χ1n) is 12.0. The van der Waals surface area contributed by atoms with Gasteiger partial charge in [0.1, 0.15) is 12.7 Å². The predicted octanol–water partition coefficient (Wildman–Crippen LogP) is 5.95. The Morgan fingerprint density at radius 1 is 1.19 bits per heavy atom. The van der Waals surface area contributed by atoms with Crippen molar-refractivity contribution in [1.29, 1.82) is 0 Å². The Hall–Kier alpha value is -2.04. The summed E-state index contributed by atoms with van der Waals surface area (Å²) in [5, 5.41) is 0. The van der Waals surface area contributed by atoms with Crippen LogP contribution in [0.3, 0.4) is 0 Å². The first-order chi connectivity index (χ1) is 15.6. The molecule has 0 radical (unpaired) electrons. The van der Waals surface area contributed by atoms with Crippen molar-refractivity contribution in [3.63, 3.8) is 0 Å². The van der Waals surface area contributed by atoms with Crippen molar-refractivity contribution < 1.29 is 9.47 Å². The molecule has 2 aliphatic heterocycles. The van der Waals surface area contributed by atoms with Crippen LogP contribution in [0.1, 0.15) is 42.9 Å². The van der Waals surface area contributed by atoms with E-state index in [9.17, 15) is 0 Å². The molecule has 2 aromatic rings. The van der Waals surface area contributed by atoms with E-state index in [-0.39, 0.29) is 11.5 Å². The first-order valence-corrected chi connectivity index (χ1v) is 12.8. The number of halogens is 1. The van der Waals surface area contributed by atoms with Gasteiger partial charge in [0.2, 0.25) is 0 Å². The van der Waals surface area contributed by atoms with E-state index in [0.717, 1.165) is 36.8 Å². The maximum absolute atomic E-state index is 6.82. The second kappa shape index (κ2) is 6.98. The average molecular weight is 490 g/mol. The highest BCUT2D eigenvalue weighted by Crippen LogP contribution is 2.63. The molecule has 1 saturated heterocycles. The van der Waals surface area contributed by atoms with Crippen molar-refractivity contribution in [3.05, 3.63) is 80.9 Å². The SMILES string of the molecule is CC1=CC=C2[C@@H]3Cc4c(Br)cc(OCc5ccccc5)c5c4[C@]2(CCN3CC2CC2)[C@@H]1O5. The zero-order valence-electron chi connectivity index (χ0n) is 18.4. The van der Waals surface area contributed by atoms with Crippen molar-refractivity contribution >= 4 is 15.9 Å². The minimum absolute atomic E-state index is 0.0267. The zero-order valence-corrected chi connectivity index (χ0v) is 20.0. The van der Waals surface area contributed by atoms with Gasteiger partial charge in [-0.25, -0.2) is 0 Å². The van der Waals surface area contributed by atoms with Gasteiger partial charge >= 0.3 is 0 Å². The fourth-order valence-corrected chi connectivity index (χ4v) is 7.19. The summed E-state index contributed by atoms with van der Waals surface area (Å²) in [7, 11) is 0. The van der Waals surface area contributed by atoms with Crippen LogP contribution >= 0.6 is 15.9 Å². The molecule has 2 heterocycles. The van der Waals surface area contributed by atoms with E-state index >= 15 is 0 Å². The van der Waals surface area contributed by atoms with Crippen molar-refractivity contribution in [2.75, 3.05) is 13.1 Å². The Balaban J connectivity index is 1.34. The third-order valence-electron chi connectivity index (χ3n) is 8.30. The summed E-state index contributed by atoms with van der Waals surface area (Å²) >= 11 is 3.94. The van der Waals surface area contributed by atoms with E-state index in [4.69, 9.17) is 9.47 Å². The third-order valence-corrected chi connectivity index (χ3v) is 9.01. The highest BCUT2D eigenvalue weighted by molar-refractivity contribution is 9.10. The molecule has 0 N–H and O–H groups in total. The Morgan fingerprint density at radius 2 is 2.03 bits per heavy atom. The van der Waals surface area contributed by atoms with E-state index in [1.165, 1.54) is 46.1 Å². The lowest BCUT2D eigenvalue weighted by Crippen LogP contribution is -2.59. The molecule has 3 aliphatic carbocycles. The summed E-state index contributed by atoms with van der Waals surface area (Å²) in [4.78, 5) is 2.77. The van der Waals surface area contributed by atoms with Gasteiger partial charge in [-0.2, -0.15) is 0 Å². The lowest BCUT2D eigenvalue weighted by atomic mass is 9.56. The smallest absolute Gasteiger partial charge is 0.166 e. The maximum Gasteiger partial charge on any atom is 0.166 e. The number of hydrogen-bond acceptors (Lipinski definition) is 3. The van der Waals surface area contributed by atoms with Gasteiger partial charge in [-0.15, -0.1) is 0 Å². The molecule has 7 rings (SSSR count). The lowest BCUT2D eigenvalue weighted by molar-refractivity contribution is 0.0912. The van der Waals surface area contributed by atoms with Gasteiger partial charge in [-0.1, -0.05) is 58.4 Å². The van der Waals surface area contributed by atoms with Gasteiger partial charge in [-0.3, -0.25) is 4.90 Å². The number of hydrogen-bond donors (Lipinski definition) is 0. The Kier molecular flexibility index (Phi) is 4.24. The first kappa shape index (κ1) is 19.4. The van der Waals surface area contributed by atoms with Crippen LogP contribution in [0.25, 0.3) is 0 Å². The fourth-order valence-electron chi connectivity index (χ4n) is 6.63. The Morgan fingerprint density at radius 3 is 2.84 bits per heavy atom. The highest BCUT2D eigenvalue weighted by Gasteiger charge is 2.61. The second-order valence-electron chi connectivity index (χ2n) is 10.2. The second-order valence-corrected chi connectivity index (χ2v) is 11.1. The van der Waals surface area contributed by atoms with Crippen molar-refractivity contribution in [2.24, 2.45) is 5.92 Å². The lowest BCUT2D eigenvalue weighted by Gasteiger charge is -2.54. The number of likely N-dealkylation sites (tertiary alicyclic amines) is 1. The summed E-state index contributed by atoms with van der Waals surface area (Å²) in [5.41, 5.74) is 6.90. The summed E-state index contributed by atoms with van der Waals surface area (Å²) in [6.45, 7) is 5.20. The maximum atomic E-state index is 6.82. The molecular formula is C28H28BrNO2. The molecule has 1 spiro atoms. The minimum atomic E-state index is -0.0267. The third kappa shape index (κ3) is 2.69. The monoisotopic (exact) mass is 489 g/mol. The van der Waals surface area contributed by atoms with Crippen LogP contribution in [0.4, 0.5) is 0 Å². The number of nitrogens with zero attached hydrogens (tertiary/aromatic N) is 1. The average Bonchev–Trinajstić information content (AvgIpc) is 3.55. The molecule has 5 aliphatic rings. The Labute approximate surface area is 198 Å². The number of ether oxygens (including phenoxy) is 2. The number of benzene rings is 2. The molecule has 2 bridgehead atoms. The summed E-state index contributed by atoms with van der Waals surface area (Å²) in [6, 6.07) is 13.0. The normalized spacial score (nSPS) is 29.7. The molecule has 0 unspecified atom stereocenters. The number of allylic oxidation sites excluding steroid dienone is 2. The van der Waals surface area contributed by atoms with Crippen LogP contribution in [-0.2, 0) is 18.4 Å². The van der Waals surface area contributed by atoms with Gasteiger partial charge in [-0.05, 0) is 66.9 Å². The number of piperidine rings is 1. The van der Waals surface area contributed by atoms with Crippen LogP contribution in [0.5, 0.6) is 11.5 Å². The molecule has 3 nitrogen and oxygen atoms in total. The standard InChI is InChI=1S/C28H28BrNO2/c1-17-7-10-21-23-13-20-22(29)14-24(31-16-19-5-3-2-4-6-19)26-25(20)28(21,27(17)32-26)11-12-30(23)15-18-8-9-18/h2-7,10,14,18,23,27H,8-9,11-13,15-16H2,1H3/t23-,27+,28+/m0/s1. The largest absolute Gasteiger partial charge is 0.485 e. The predicted molar refractivity (Wildman–Crippen MR) is 129 cm³/mol. The van der Waals surface area contributed by atoms with E-state index in [2.05, 4.69) is 70.2 Å². The summed E-state index contributed by atoms with van der Waals surface area (Å²) in [5.74, 6) is 2.77. The van der Waals surface area contributed by atoms with Crippen LogP contribution in [0.2, 0.25) is 0 Å². The van der Waals surface area contributed by atoms with Crippen LogP contribution in [0.15, 0.2) is 64.2 Å². The molecule has 2 aromatic carbocycles. The van der Waals surface area contributed by atoms with Crippen LogP contribution in [0, 0.1) is 5.92 Å². The van der Waals surface area contributed by atoms with Crippen LogP contribution < -0.4 is 9.47 Å². The molecule has 164 valence electrons. The van der Waals surface area contributed by atoms with Gasteiger partial charge in [0, 0.05) is 29.2 Å². The molecular weight excluding hydrogens is 462 g/mol. The fraction of sp³-hybridized carbons (Fsp3) is 0.429. The topological polar surface area (TPSA) is 21.7 Å². The quantitative estimate of drug-likeness (QED) is 0.517. The van der Waals surface area contributed by atoms with Crippen molar-refractivity contribution in [1.82, 2.24) is 4.90 Å². The van der Waals surface area contributed by atoms with Gasteiger partial charge in [0.25, 0.3) is 0 Å². The minimum Gasteiger partial charge on any atom is -0.485 e. The van der Waals surface area contributed by atoms with E-state index in [1.54, 1.807) is 5.57 Å². The van der Waals surface area contributed by atoms with Crippen molar-refractivity contribution in [2.45, 2.75) is 56.8 Å². The summed E-state index contributed by atoms with van der Waals surface area (Å²) < 4.78 is 14.4. The van der Waals surface area contributed by atoms with Crippen LogP contribution in [-0.4, -0.2) is 30.1 Å². The van der Waals surface area contributed by atoms with E-state index in [1.807, 2.05) is 6.07 Å². The molecule has 32 heavy (non-hydrogen) atoms. The highest BCUT2D eigenvalue weighted by atomic mass is 79.9.